The zero-order chi connectivity index (χ0) is 21.7. The van der Waals surface area contributed by atoms with E-state index in [9.17, 15) is 14.3 Å². The van der Waals surface area contributed by atoms with Gasteiger partial charge in [-0.15, -0.1) is 0 Å². The Balaban J connectivity index is 1.67. The Kier molecular flexibility index (Phi) is 7.58. The van der Waals surface area contributed by atoms with Crippen molar-refractivity contribution in [2.75, 3.05) is 14.2 Å². The molecule has 2 aromatic rings. The predicted octanol–water partition coefficient (Wildman–Crippen LogP) is 3.93. The summed E-state index contributed by atoms with van der Waals surface area (Å²) in [5, 5.41) is 12.2. The number of methoxy groups -OCH3 is 1. The summed E-state index contributed by atoms with van der Waals surface area (Å²) in [5.74, 6) is 0.179. The molecule has 2 unspecified atom stereocenters. The number of aliphatic carboxylic acids is 1. The van der Waals surface area contributed by atoms with Gasteiger partial charge in [-0.2, -0.15) is 0 Å². The van der Waals surface area contributed by atoms with Crippen molar-refractivity contribution in [3.05, 3.63) is 53.8 Å². The number of benzene rings is 2. The Bertz CT molecular complexity index is 863. The van der Waals surface area contributed by atoms with Gasteiger partial charge in [0.15, 0.2) is 0 Å². The smallest absolute Gasteiger partial charge is 0.323 e. The van der Waals surface area contributed by atoms with Gasteiger partial charge < -0.3 is 24.6 Å². The molecular weight excluding hydrogens is 409 g/mol. The first-order chi connectivity index (χ1) is 14.4. The van der Waals surface area contributed by atoms with E-state index in [2.05, 4.69) is 5.32 Å². The SMILES string of the molecule is CNC(C(=O)O)[C@@H]1OC(Sc2cc(OC)cc(OCc3ccc(F)cc3)c2)C[C@H]1C. The molecule has 1 saturated heterocycles. The topological polar surface area (TPSA) is 77.0 Å². The number of hydrogen-bond donors (Lipinski definition) is 2. The van der Waals surface area contributed by atoms with Crippen LogP contribution in [0.15, 0.2) is 47.4 Å². The lowest BCUT2D eigenvalue weighted by atomic mass is 9.98. The number of carboxylic acids is 1. The van der Waals surface area contributed by atoms with Gasteiger partial charge in [0.1, 0.15) is 35.4 Å². The third-order valence-corrected chi connectivity index (χ3v) is 6.09. The second-order valence-corrected chi connectivity index (χ2v) is 8.46. The minimum atomic E-state index is -0.919. The molecule has 0 bridgehead atoms. The van der Waals surface area contributed by atoms with E-state index in [1.165, 1.54) is 23.9 Å². The van der Waals surface area contributed by atoms with Crippen molar-refractivity contribution in [3.8, 4) is 11.5 Å². The van der Waals surface area contributed by atoms with Gasteiger partial charge in [0.2, 0.25) is 0 Å². The Morgan fingerprint density at radius 1 is 1.30 bits per heavy atom. The molecule has 6 nitrogen and oxygen atoms in total. The standard InChI is InChI=1S/C22H26FNO5S/c1-13-8-19(29-21(13)20(24-2)22(25)26)30-18-10-16(27-3)9-17(11-18)28-12-14-4-6-15(23)7-5-14/h4-7,9-11,13,19-21,24H,8,12H2,1-3H3,(H,25,26)/t13-,19?,20?,21-/m1/s1. The van der Waals surface area contributed by atoms with Gasteiger partial charge in [0, 0.05) is 11.0 Å². The number of halogens is 1. The molecule has 0 saturated carbocycles. The summed E-state index contributed by atoms with van der Waals surface area (Å²) < 4.78 is 30.4. The van der Waals surface area contributed by atoms with Crippen LogP contribution in [0.5, 0.6) is 11.5 Å². The highest BCUT2D eigenvalue weighted by Crippen LogP contribution is 2.40. The van der Waals surface area contributed by atoms with Crippen LogP contribution in [0.1, 0.15) is 18.9 Å². The zero-order valence-electron chi connectivity index (χ0n) is 17.1. The van der Waals surface area contributed by atoms with Crippen molar-refractivity contribution < 1.29 is 28.5 Å². The van der Waals surface area contributed by atoms with Gasteiger partial charge >= 0.3 is 5.97 Å². The third kappa shape index (κ3) is 5.65. The molecule has 4 atom stereocenters. The minimum absolute atomic E-state index is 0.107. The lowest BCUT2D eigenvalue weighted by Crippen LogP contribution is -2.46. The van der Waals surface area contributed by atoms with Crippen LogP contribution in [-0.2, 0) is 16.1 Å². The highest BCUT2D eigenvalue weighted by atomic mass is 32.2. The number of carbonyl (C=O) groups is 1. The van der Waals surface area contributed by atoms with Crippen molar-refractivity contribution in [1.82, 2.24) is 5.32 Å². The van der Waals surface area contributed by atoms with Crippen molar-refractivity contribution in [1.29, 1.82) is 0 Å². The molecule has 1 aliphatic heterocycles. The van der Waals surface area contributed by atoms with Gasteiger partial charge in [-0.1, -0.05) is 30.8 Å². The van der Waals surface area contributed by atoms with Gasteiger partial charge in [-0.3, -0.25) is 4.79 Å². The summed E-state index contributed by atoms with van der Waals surface area (Å²) in [6.45, 7) is 2.31. The summed E-state index contributed by atoms with van der Waals surface area (Å²) in [6, 6.07) is 11.0. The van der Waals surface area contributed by atoms with Gasteiger partial charge in [-0.25, -0.2) is 4.39 Å². The maximum atomic E-state index is 13.1. The molecule has 30 heavy (non-hydrogen) atoms. The second-order valence-electron chi connectivity index (χ2n) is 7.23. The first-order valence-electron chi connectivity index (χ1n) is 9.68. The Morgan fingerprint density at radius 3 is 2.63 bits per heavy atom. The molecule has 0 spiro atoms. The summed E-state index contributed by atoms with van der Waals surface area (Å²) in [7, 11) is 3.21. The van der Waals surface area contributed by atoms with Crippen LogP contribution < -0.4 is 14.8 Å². The first kappa shape index (κ1) is 22.4. The largest absolute Gasteiger partial charge is 0.497 e. The van der Waals surface area contributed by atoms with E-state index in [0.29, 0.717) is 18.1 Å². The van der Waals surface area contributed by atoms with Gasteiger partial charge in [-0.05, 0) is 49.2 Å². The van der Waals surface area contributed by atoms with Crippen molar-refractivity contribution in [2.45, 2.75) is 42.4 Å². The van der Waals surface area contributed by atoms with E-state index in [0.717, 1.165) is 16.9 Å². The van der Waals surface area contributed by atoms with Crippen LogP contribution >= 0.6 is 11.8 Å². The summed E-state index contributed by atoms with van der Waals surface area (Å²) in [4.78, 5) is 12.4. The lowest BCUT2D eigenvalue weighted by molar-refractivity contribution is -0.143. The quantitative estimate of drug-likeness (QED) is 0.618. The van der Waals surface area contributed by atoms with E-state index in [1.807, 2.05) is 19.1 Å². The molecule has 0 aromatic heterocycles. The highest BCUT2D eigenvalue weighted by Gasteiger charge is 2.40. The number of likely N-dealkylation sites (N-methyl/N-ethyl adjacent to an activating group) is 1. The number of thioether (sulfide) groups is 1. The number of ether oxygens (including phenoxy) is 3. The molecule has 1 aliphatic rings. The monoisotopic (exact) mass is 435 g/mol. The Hall–Kier alpha value is -2.29. The Labute approximate surface area is 179 Å². The summed E-state index contributed by atoms with van der Waals surface area (Å²) >= 11 is 1.51. The molecule has 162 valence electrons. The molecule has 0 aliphatic carbocycles. The molecule has 1 heterocycles. The van der Waals surface area contributed by atoms with Crippen LogP contribution in [0.2, 0.25) is 0 Å². The van der Waals surface area contributed by atoms with Crippen LogP contribution in [0.4, 0.5) is 4.39 Å². The molecule has 0 radical (unpaired) electrons. The maximum Gasteiger partial charge on any atom is 0.323 e. The number of nitrogens with one attached hydrogen (secondary N) is 1. The van der Waals surface area contributed by atoms with E-state index >= 15 is 0 Å². The normalized spacial score (nSPS) is 21.9. The average molecular weight is 436 g/mol. The van der Waals surface area contributed by atoms with Crippen LogP contribution in [0.25, 0.3) is 0 Å². The van der Waals surface area contributed by atoms with Crippen LogP contribution in [-0.4, -0.2) is 42.8 Å². The van der Waals surface area contributed by atoms with Crippen molar-refractivity contribution in [2.24, 2.45) is 5.92 Å². The molecule has 2 N–H and O–H groups in total. The molecule has 0 amide bonds. The van der Waals surface area contributed by atoms with E-state index in [-0.39, 0.29) is 17.2 Å². The zero-order valence-corrected chi connectivity index (χ0v) is 17.9. The number of hydrogen-bond acceptors (Lipinski definition) is 6. The minimum Gasteiger partial charge on any atom is -0.497 e. The first-order valence-corrected chi connectivity index (χ1v) is 10.6. The molecular formula is C22H26FNO5S. The maximum absolute atomic E-state index is 13.1. The number of carboxylic acid groups (broad SMARTS) is 1. The fourth-order valence-corrected chi connectivity index (χ4v) is 4.68. The third-order valence-electron chi connectivity index (χ3n) is 5.02. The van der Waals surface area contributed by atoms with E-state index in [4.69, 9.17) is 14.2 Å². The van der Waals surface area contributed by atoms with Crippen molar-refractivity contribution in [3.63, 3.8) is 0 Å². The predicted molar refractivity (Wildman–Crippen MR) is 113 cm³/mol. The number of rotatable bonds is 9. The average Bonchev–Trinajstić information content (AvgIpc) is 3.07. The lowest BCUT2D eigenvalue weighted by Gasteiger charge is -2.22. The molecule has 1 fully saturated rings. The summed E-state index contributed by atoms with van der Waals surface area (Å²) in [6.07, 6.45) is 0.342. The second kappa shape index (κ2) is 10.1. The van der Waals surface area contributed by atoms with Crippen molar-refractivity contribution >= 4 is 17.7 Å². The van der Waals surface area contributed by atoms with Crippen LogP contribution in [0.3, 0.4) is 0 Å². The Morgan fingerprint density at radius 2 is 2.00 bits per heavy atom. The molecule has 8 heteroatoms. The highest BCUT2D eigenvalue weighted by molar-refractivity contribution is 7.99. The summed E-state index contributed by atoms with van der Waals surface area (Å²) in [5.41, 5.74) is 0.688. The van der Waals surface area contributed by atoms with E-state index in [1.54, 1.807) is 32.4 Å². The van der Waals surface area contributed by atoms with Gasteiger partial charge in [0.05, 0.1) is 13.2 Å². The fraction of sp³-hybridized carbons (Fsp3) is 0.409. The van der Waals surface area contributed by atoms with E-state index < -0.39 is 18.1 Å². The molecule has 3 rings (SSSR count). The van der Waals surface area contributed by atoms with Crippen LogP contribution in [0, 0.1) is 11.7 Å². The molecule has 2 aromatic carbocycles. The fourth-order valence-electron chi connectivity index (χ4n) is 3.43. The van der Waals surface area contributed by atoms with Gasteiger partial charge in [0.25, 0.3) is 0 Å².